The van der Waals surface area contributed by atoms with Crippen molar-refractivity contribution in [3.8, 4) is 5.88 Å². The van der Waals surface area contributed by atoms with E-state index in [4.69, 9.17) is 4.74 Å². The molecule has 1 N–H and O–H groups in total. The van der Waals surface area contributed by atoms with Crippen molar-refractivity contribution in [2.45, 2.75) is 39.0 Å². The second kappa shape index (κ2) is 5.41. The quantitative estimate of drug-likeness (QED) is 0.907. The second-order valence-corrected chi connectivity index (χ2v) is 4.16. The second-order valence-electron chi connectivity index (χ2n) is 4.16. The molecule has 0 fully saturated rings. The number of hydrogen-bond donors (Lipinski definition) is 1. The first kappa shape index (κ1) is 14.5. The van der Waals surface area contributed by atoms with Crippen LogP contribution in [-0.2, 0) is 0 Å². The van der Waals surface area contributed by atoms with Crippen LogP contribution in [0.25, 0.3) is 0 Å². The Labute approximate surface area is 104 Å². The average molecular weight is 263 g/mol. The van der Waals surface area contributed by atoms with E-state index in [9.17, 15) is 13.2 Å². The molecule has 0 spiro atoms. The first-order chi connectivity index (χ1) is 8.24. The van der Waals surface area contributed by atoms with Gasteiger partial charge < -0.3 is 10.1 Å². The highest BCUT2D eigenvalue weighted by molar-refractivity contribution is 5.38. The summed E-state index contributed by atoms with van der Waals surface area (Å²) in [4.78, 5) is 8.10. The average Bonchev–Trinajstić information content (AvgIpc) is 2.27. The van der Waals surface area contributed by atoms with E-state index >= 15 is 0 Å². The predicted octanol–water partition coefficient (Wildman–Crippen LogP) is 2.97. The number of halogens is 3. The van der Waals surface area contributed by atoms with Crippen molar-refractivity contribution in [3.05, 3.63) is 11.9 Å². The highest BCUT2D eigenvalue weighted by Gasteiger charge is 2.38. The predicted molar refractivity (Wildman–Crippen MR) is 61.8 cm³/mol. The highest BCUT2D eigenvalue weighted by atomic mass is 19.4. The molecule has 1 aromatic rings. The van der Waals surface area contributed by atoms with E-state index in [2.05, 4.69) is 15.3 Å². The van der Waals surface area contributed by atoms with E-state index < -0.39 is 12.3 Å². The summed E-state index contributed by atoms with van der Waals surface area (Å²) in [6.07, 6.45) is -6.32. The van der Waals surface area contributed by atoms with Crippen LogP contribution in [0, 0.1) is 0 Å². The van der Waals surface area contributed by atoms with Crippen LogP contribution in [0.4, 0.5) is 19.0 Å². The van der Waals surface area contributed by atoms with E-state index in [1.54, 1.807) is 7.05 Å². The maximum atomic E-state index is 12.4. The van der Waals surface area contributed by atoms with Crippen molar-refractivity contribution in [2.24, 2.45) is 0 Å². The molecule has 1 aromatic heterocycles. The van der Waals surface area contributed by atoms with Gasteiger partial charge in [-0.3, -0.25) is 0 Å². The first-order valence-electron chi connectivity index (χ1n) is 5.54. The standard InChI is InChI=1S/C11H16F3N3O/c1-6(2)10-16-8(15-4)5-9(17-10)18-7(3)11(12,13)14/h5-7H,1-4H3,(H,15,16,17). The molecule has 0 saturated carbocycles. The van der Waals surface area contributed by atoms with Crippen LogP contribution < -0.4 is 10.1 Å². The summed E-state index contributed by atoms with van der Waals surface area (Å²) < 4.78 is 42.0. The molecule has 1 unspecified atom stereocenters. The highest BCUT2D eigenvalue weighted by Crippen LogP contribution is 2.25. The fourth-order valence-corrected chi connectivity index (χ4v) is 1.14. The fourth-order valence-electron chi connectivity index (χ4n) is 1.14. The fraction of sp³-hybridized carbons (Fsp3) is 0.636. The molecule has 1 atom stereocenters. The van der Waals surface area contributed by atoms with Crippen LogP contribution in [-0.4, -0.2) is 29.3 Å². The van der Waals surface area contributed by atoms with Gasteiger partial charge in [0.2, 0.25) is 5.88 Å². The van der Waals surface area contributed by atoms with E-state index in [0.717, 1.165) is 6.92 Å². The molecule has 0 saturated heterocycles. The summed E-state index contributed by atoms with van der Waals surface area (Å²) in [5.41, 5.74) is 0. The van der Waals surface area contributed by atoms with Crippen LogP contribution in [0.1, 0.15) is 32.5 Å². The Kier molecular flexibility index (Phi) is 4.37. The van der Waals surface area contributed by atoms with Crippen molar-refractivity contribution < 1.29 is 17.9 Å². The van der Waals surface area contributed by atoms with E-state index in [-0.39, 0.29) is 11.8 Å². The number of nitrogens with zero attached hydrogens (tertiary/aromatic N) is 2. The number of anilines is 1. The normalized spacial score (nSPS) is 13.6. The Morgan fingerprint density at radius 2 is 1.83 bits per heavy atom. The molecule has 102 valence electrons. The van der Waals surface area contributed by atoms with Gasteiger partial charge >= 0.3 is 6.18 Å². The lowest BCUT2D eigenvalue weighted by atomic mass is 10.2. The third-order valence-electron chi connectivity index (χ3n) is 2.25. The summed E-state index contributed by atoms with van der Waals surface area (Å²) in [5.74, 6) is 0.786. The maximum absolute atomic E-state index is 12.4. The molecule has 18 heavy (non-hydrogen) atoms. The van der Waals surface area contributed by atoms with Gasteiger partial charge in [0.25, 0.3) is 0 Å². The van der Waals surface area contributed by atoms with Crippen molar-refractivity contribution >= 4 is 5.82 Å². The minimum atomic E-state index is -4.41. The van der Waals surface area contributed by atoms with Gasteiger partial charge in [-0.1, -0.05) is 13.8 Å². The molecule has 0 radical (unpaired) electrons. The molecule has 0 aliphatic heterocycles. The molecule has 1 heterocycles. The van der Waals surface area contributed by atoms with Gasteiger partial charge in [-0.15, -0.1) is 0 Å². The SMILES string of the molecule is CNc1cc(OC(C)C(F)(F)F)nc(C(C)C)n1. The van der Waals surface area contributed by atoms with Gasteiger partial charge in [-0.05, 0) is 6.92 Å². The number of hydrogen-bond acceptors (Lipinski definition) is 4. The van der Waals surface area contributed by atoms with Crippen molar-refractivity contribution in [1.82, 2.24) is 9.97 Å². The number of aromatic nitrogens is 2. The van der Waals surface area contributed by atoms with E-state index in [1.807, 2.05) is 13.8 Å². The zero-order chi connectivity index (χ0) is 13.9. The summed E-state index contributed by atoms with van der Waals surface area (Å²) >= 11 is 0. The van der Waals surface area contributed by atoms with Gasteiger partial charge in [0.15, 0.2) is 6.10 Å². The molecule has 4 nitrogen and oxygen atoms in total. The van der Waals surface area contributed by atoms with Crippen LogP contribution in [0.5, 0.6) is 5.88 Å². The number of rotatable bonds is 4. The smallest absolute Gasteiger partial charge is 0.425 e. The first-order valence-corrected chi connectivity index (χ1v) is 5.54. The molecule has 7 heteroatoms. The van der Waals surface area contributed by atoms with Crippen LogP contribution >= 0.6 is 0 Å². The Morgan fingerprint density at radius 1 is 1.22 bits per heavy atom. The molecule has 0 aliphatic rings. The molecule has 1 rings (SSSR count). The van der Waals surface area contributed by atoms with Gasteiger partial charge in [-0.2, -0.15) is 18.2 Å². The number of nitrogens with one attached hydrogen (secondary N) is 1. The van der Waals surface area contributed by atoms with Crippen molar-refractivity contribution in [1.29, 1.82) is 0 Å². The van der Waals surface area contributed by atoms with E-state index in [1.165, 1.54) is 6.07 Å². The zero-order valence-corrected chi connectivity index (χ0v) is 10.7. The molecule has 0 amide bonds. The summed E-state index contributed by atoms with van der Waals surface area (Å²) in [7, 11) is 1.63. The largest absolute Gasteiger partial charge is 0.465 e. The molecule has 0 bridgehead atoms. The Balaban J connectivity index is 2.98. The topological polar surface area (TPSA) is 47.0 Å². The maximum Gasteiger partial charge on any atom is 0.425 e. The summed E-state index contributed by atoms with van der Waals surface area (Å²) in [5, 5.41) is 2.76. The van der Waals surface area contributed by atoms with Crippen molar-refractivity contribution in [3.63, 3.8) is 0 Å². The Bertz CT molecular complexity index is 407. The van der Waals surface area contributed by atoms with E-state index in [0.29, 0.717) is 11.6 Å². The van der Waals surface area contributed by atoms with Crippen LogP contribution in [0.2, 0.25) is 0 Å². The number of ether oxygens (including phenoxy) is 1. The van der Waals surface area contributed by atoms with Gasteiger partial charge in [-0.25, -0.2) is 4.98 Å². The van der Waals surface area contributed by atoms with Crippen LogP contribution in [0.3, 0.4) is 0 Å². The molecule has 0 aromatic carbocycles. The third-order valence-corrected chi connectivity index (χ3v) is 2.25. The zero-order valence-electron chi connectivity index (χ0n) is 10.7. The minimum absolute atomic E-state index is 0.00171. The summed E-state index contributed by atoms with van der Waals surface area (Å²) in [6, 6.07) is 1.34. The Morgan fingerprint density at radius 3 is 2.28 bits per heavy atom. The lowest BCUT2D eigenvalue weighted by Crippen LogP contribution is -2.31. The lowest BCUT2D eigenvalue weighted by molar-refractivity contribution is -0.190. The minimum Gasteiger partial charge on any atom is -0.465 e. The third kappa shape index (κ3) is 3.75. The van der Waals surface area contributed by atoms with Crippen molar-refractivity contribution in [2.75, 3.05) is 12.4 Å². The monoisotopic (exact) mass is 263 g/mol. The molecular formula is C11H16F3N3O. The molecule has 0 aliphatic carbocycles. The molecular weight excluding hydrogens is 247 g/mol. The van der Waals surface area contributed by atoms with Crippen LogP contribution in [0.15, 0.2) is 6.07 Å². The van der Waals surface area contributed by atoms with Gasteiger partial charge in [0, 0.05) is 19.0 Å². The van der Waals surface area contributed by atoms with Gasteiger partial charge in [0.05, 0.1) is 0 Å². The van der Waals surface area contributed by atoms with Gasteiger partial charge in [0.1, 0.15) is 11.6 Å². The number of alkyl halides is 3. The Hall–Kier alpha value is -1.53. The summed E-state index contributed by atoms with van der Waals surface area (Å²) in [6.45, 7) is 4.65. The lowest BCUT2D eigenvalue weighted by Gasteiger charge is -2.18.